The molecule has 0 radical (unpaired) electrons. The lowest BCUT2D eigenvalue weighted by molar-refractivity contribution is 0.102. The van der Waals surface area contributed by atoms with Crippen LogP contribution >= 0.6 is 0 Å². The summed E-state index contributed by atoms with van der Waals surface area (Å²) in [6.07, 6.45) is 1.47. The number of anilines is 1. The smallest absolute Gasteiger partial charge is 0.261 e. The average Bonchev–Trinajstić information content (AvgIpc) is 3.00. The number of pyridine rings is 1. The fourth-order valence-electron chi connectivity index (χ4n) is 1.98. The first-order chi connectivity index (χ1) is 11.6. The first-order valence-corrected chi connectivity index (χ1v) is 7.13. The van der Waals surface area contributed by atoms with Crippen molar-refractivity contribution in [2.45, 2.75) is 13.5 Å². The molecule has 0 saturated carbocycles. The maximum absolute atomic E-state index is 12.0. The molecule has 0 aliphatic heterocycles. The predicted octanol–water partition coefficient (Wildman–Crippen LogP) is 1.90. The molecule has 0 saturated heterocycles. The highest BCUT2D eigenvalue weighted by atomic mass is 16.5. The van der Waals surface area contributed by atoms with Gasteiger partial charge in [0.05, 0.1) is 0 Å². The molecular weight excluding hydrogens is 312 g/mol. The molecule has 0 spiro atoms. The van der Waals surface area contributed by atoms with Gasteiger partial charge in [0.15, 0.2) is 6.61 Å². The lowest BCUT2D eigenvalue weighted by Crippen LogP contribution is -2.22. The predicted molar refractivity (Wildman–Crippen MR) is 84.8 cm³/mol. The number of carbonyl (C=O) groups excluding carboxylic acids is 1. The zero-order valence-corrected chi connectivity index (χ0v) is 12.8. The number of benzene rings is 1. The molecule has 1 amide bonds. The number of carbonyl (C=O) groups is 1. The van der Waals surface area contributed by atoms with Crippen molar-refractivity contribution in [1.29, 1.82) is 0 Å². The second-order valence-electron chi connectivity index (χ2n) is 4.91. The second kappa shape index (κ2) is 6.78. The Morgan fingerprint density at radius 2 is 2.08 bits per heavy atom. The number of aromatic amines is 1. The van der Waals surface area contributed by atoms with Crippen LogP contribution in [0.5, 0.6) is 5.75 Å². The third kappa shape index (κ3) is 3.67. The molecule has 0 aliphatic carbocycles. The highest BCUT2D eigenvalue weighted by molar-refractivity contribution is 6.03. The SMILES string of the molecule is Cc1nc(COc2ccc(NC(=O)c3ccc[nH]c3=O)cc2)no1. The Morgan fingerprint density at radius 3 is 2.75 bits per heavy atom. The molecule has 2 aromatic heterocycles. The number of hydrogen-bond donors (Lipinski definition) is 2. The number of rotatable bonds is 5. The summed E-state index contributed by atoms with van der Waals surface area (Å²) < 4.78 is 10.4. The van der Waals surface area contributed by atoms with Crippen molar-refractivity contribution in [1.82, 2.24) is 15.1 Å². The van der Waals surface area contributed by atoms with Gasteiger partial charge in [0.2, 0.25) is 11.7 Å². The van der Waals surface area contributed by atoms with Crippen LogP contribution in [0.15, 0.2) is 51.9 Å². The van der Waals surface area contributed by atoms with E-state index in [9.17, 15) is 9.59 Å². The fourth-order valence-corrected chi connectivity index (χ4v) is 1.98. The van der Waals surface area contributed by atoms with Crippen LogP contribution in [-0.4, -0.2) is 21.0 Å². The zero-order chi connectivity index (χ0) is 16.9. The molecule has 0 fully saturated rings. The number of nitrogens with one attached hydrogen (secondary N) is 2. The zero-order valence-electron chi connectivity index (χ0n) is 12.8. The third-order valence-corrected chi connectivity index (χ3v) is 3.11. The Balaban J connectivity index is 1.61. The maximum atomic E-state index is 12.0. The van der Waals surface area contributed by atoms with Crippen LogP contribution in [0, 0.1) is 6.92 Å². The molecule has 0 atom stereocenters. The van der Waals surface area contributed by atoms with Gasteiger partial charge >= 0.3 is 0 Å². The van der Waals surface area contributed by atoms with Crippen molar-refractivity contribution in [3.8, 4) is 5.75 Å². The van der Waals surface area contributed by atoms with Crippen LogP contribution in [0.25, 0.3) is 0 Å². The molecule has 3 rings (SSSR count). The number of aryl methyl sites for hydroxylation is 1. The summed E-state index contributed by atoms with van der Waals surface area (Å²) in [7, 11) is 0. The molecule has 8 nitrogen and oxygen atoms in total. The Kier molecular flexibility index (Phi) is 4.37. The lowest BCUT2D eigenvalue weighted by Gasteiger charge is -2.07. The van der Waals surface area contributed by atoms with E-state index in [0.717, 1.165) is 0 Å². The molecular formula is C16H14N4O4. The number of hydrogen-bond acceptors (Lipinski definition) is 6. The van der Waals surface area contributed by atoms with Crippen LogP contribution in [0.4, 0.5) is 5.69 Å². The van der Waals surface area contributed by atoms with Gasteiger partial charge in [0.25, 0.3) is 11.5 Å². The first kappa shape index (κ1) is 15.5. The van der Waals surface area contributed by atoms with Crippen LogP contribution in [-0.2, 0) is 6.61 Å². The van der Waals surface area contributed by atoms with Crippen molar-refractivity contribution >= 4 is 11.6 Å². The quantitative estimate of drug-likeness (QED) is 0.741. The molecule has 0 unspecified atom stereocenters. The van der Waals surface area contributed by atoms with Gasteiger partial charge in [-0.25, -0.2) is 0 Å². The summed E-state index contributed by atoms with van der Waals surface area (Å²) in [6, 6.07) is 9.78. The van der Waals surface area contributed by atoms with E-state index in [1.54, 1.807) is 37.3 Å². The van der Waals surface area contributed by atoms with Gasteiger partial charge in [-0.2, -0.15) is 4.98 Å². The summed E-state index contributed by atoms with van der Waals surface area (Å²) in [6.45, 7) is 1.88. The van der Waals surface area contributed by atoms with E-state index >= 15 is 0 Å². The van der Waals surface area contributed by atoms with Gasteiger partial charge in [0, 0.05) is 18.8 Å². The number of nitrogens with zero attached hydrogens (tertiary/aromatic N) is 2. The van der Waals surface area contributed by atoms with Gasteiger partial charge in [-0.15, -0.1) is 0 Å². The lowest BCUT2D eigenvalue weighted by atomic mass is 10.2. The number of amides is 1. The van der Waals surface area contributed by atoms with E-state index in [2.05, 4.69) is 20.4 Å². The topological polar surface area (TPSA) is 110 Å². The molecule has 122 valence electrons. The van der Waals surface area contributed by atoms with Crippen molar-refractivity contribution in [2.75, 3.05) is 5.32 Å². The third-order valence-electron chi connectivity index (χ3n) is 3.11. The monoisotopic (exact) mass is 326 g/mol. The van der Waals surface area contributed by atoms with Gasteiger partial charge in [-0.3, -0.25) is 9.59 Å². The summed E-state index contributed by atoms with van der Waals surface area (Å²) in [5.41, 5.74) is 0.154. The van der Waals surface area contributed by atoms with E-state index in [4.69, 9.17) is 9.26 Å². The molecule has 2 heterocycles. The van der Waals surface area contributed by atoms with Crippen LogP contribution in [0.1, 0.15) is 22.1 Å². The van der Waals surface area contributed by atoms with E-state index < -0.39 is 11.5 Å². The van der Waals surface area contributed by atoms with Crippen LogP contribution < -0.4 is 15.6 Å². The van der Waals surface area contributed by atoms with Crippen molar-refractivity contribution in [2.24, 2.45) is 0 Å². The highest BCUT2D eigenvalue weighted by Gasteiger charge is 2.10. The normalized spacial score (nSPS) is 10.4. The average molecular weight is 326 g/mol. The van der Waals surface area contributed by atoms with Crippen LogP contribution in [0.2, 0.25) is 0 Å². The minimum Gasteiger partial charge on any atom is -0.485 e. The second-order valence-corrected chi connectivity index (χ2v) is 4.91. The van der Waals surface area contributed by atoms with Crippen molar-refractivity contribution in [3.05, 3.63) is 70.2 Å². The fraction of sp³-hybridized carbons (Fsp3) is 0.125. The number of H-pyrrole nitrogens is 1. The van der Waals surface area contributed by atoms with Crippen molar-refractivity contribution < 1.29 is 14.1 Å². The minimum atomic E-state index is -0.479. The summed E-state index contributed by atoms with van der Waals surface area (Å²) in [4.78, 5) is 30.1. The van der Waals surface area contributed by atoms with Gasteiger partial charge in [-0.1, -0.05) is 5.16 Å². The van der Waals surface area contributed by atoms with E-state index in [1.807, 2.05) is 0 Å². The standard InChI is InChI=1S/C16H14N4O4/c1-10-18-14(20-24-10)9-23-12-6-4-11(5-7-12)19-16(22)13-3-2-8-17-15(13)21/h2-8H,9H2,1H3,(H,17,21)(H,19,22). The maximum Gasteiger partial charge on any atom is 0.261 e. The Hall–Kier alpha value is -3.42. The molecule has 24 heavy (non-hydrogen) atoms. The van der Waals surface area contributed by atoms with Gasteiger partial charge in [0.1, 0.15) is 11.3 Å². The summed E-state index contributed by atoms with van der Waals surface area (Å²) in [5, 5.41) is 6.38. The summed E-state index contributed by atoms with van der Waals surface area (Å²) in [5.74, 6) is 1.04. The molecule has 2 N–H and O–H groups in total. The van der Waals surface area contributed by atoms with Crippen LogP contribution in [0.3, 0.4) is 0 Å². The van der Waals surface area contributed by atoms with E-state index in [0.29, 0.717) is 23.2 Å². The molecule has 0 aliphatic rings. The van der Waals surface area contributed by atoms with E-state index in [-0.39, 0.29) is 12.2 Å². The van der Waals surface area contributed by atoms with Gasteiger partial charge in [-0.05, 0) is 36.4 Å². The summed E-state index contributed by atoms with van der Waals surface area (Å²) >= 11 is 0. The molecule has 0 bridgehead atoms. The highest BCUT2D eigenvalue weighted by Crippen LogP contribution is 2.17. The molecule has 3 aromatic rings. The minimum absolute atomic E-state index is 0.0466. The Labute approximate surface area is 136 Å². The molecule has 1 aromatic carbocycles. The van der Waals surface area contributed by atoms with Gasteiger partial charge < -0.3 is 19.6 Å². The Bertz CT molecular complexity index is 899. The largest absolute Gasteiger partial charge is 0.485 e. The van der Waals surface area contributed by atoms with Crippen molar-refractivity contribution in [3.63, 3.8) is 0 Å². The number of aromatic nitrogens is 3. The first-order valence-electron chi connectivity index (χ1n) is 7.13. The van der Waals surface area contributed by atoms with E-state index in [1.165, 1.54) is 12.3 Å². The number of ether oxygens (including phenoxy) is 1. The molecule has 8 heteroatoms. The Morgan fingerprint density at radius 1 is 1.29 bits per heavy atom.